The number of carbonyl (C=O) groups excluding carboxylic acids is 1. The molecule has 1 atom stereocenters. The van der Waals surface area contributed by atoms with Crippen LogP contribution in [0, 0.1) is 5.41 Å². The van der Waals surface area contributed by atoms with Crippen molar-refractivity contribution in [2.24, 2.45) is 5.41 Å². The molecule has 1 fully saturated rings. The summed E-state index contributed by atoms with van der Waals surface area (Å²) < 4.78 is 5.98. The van der Waals surface area contributed by atoms with E-state index < -0.39 is 0 Å². The predicted octanol–water partition coefficient (Wildman–Crippen LogP) is 7.59. The molecule has 3 heteroatoms. The van der Waals surface area contributed by atoms with Gasteiger partial charge in [0.05, 0.1) is 6.26 Å². The summed E-state index contributed by atoms with van der Waals surface area (Å²) in [7, 11) is 0. The lowest BCUT2D eigenvalue weighted by Gasteiger charge is -2.32. The fourth-order valence-corrected chi connectivity index (χ4v) is 4.31. The van der Waals surface area contributed by atoms with E-state index in [9.17, 15) is 4.79 Å². The first-order valence-corrected chi connectivity index (χ1v) is 11.0. The van der Waals surface area contributed by atoms with Gasteiger partial charge >= 0.3 is 0 Å². The third-order valence-corrected chi connectivity index (χ3v) is 6.19. The van der Waals surface area contributed by atoms with Crippen LogP contribution in [-0.4, -0.2) is 6.29 Å². The Morgan fingerprint density at radius 3 is 2.00 bits per heavy atom. The SMILES string of the molecule is CCC1(C=O)CCC/C(=C\Oc2ccc(N(c3ccccc3)c3ccccc3)cc2)C1. The lowest BCUT2D eigenvalue weighted by Crippen LogP contribution is -2.26. The number of hydrogen-bond acceptors (Lipinski definition) is 3. The minimum atomic E-state index is -0.205. The Morgan fingerprint density at radius 2 is 1.45 bits per heavy atom. The molecule has 4 rings (SSSR count). The van der Waals surface area contributed by atoms with Crippen molar-refractivity contribution in [3.63, 3.8) is 0 Å². The predicted molar refractivity (Wildman–Crippen MR) is 127 cm³/mol. The molecule has 0 saturated heterocycles. The summed E-state index contributed by atoms with van der Waals surface area (Å²) in [4.78, 5) is 13.8. The monoisotopic (exact) mass is 411 g/mol. The molecule has 0 spiro atoms. The second-order valence-corrected chi connectivity index (χ2v) is 8.26. The van der Waals surface area contributed by atoms with Crippen molar-refractivity contribution < 1.29 is 9.53 Å². The average Bonchev–Trinajstić information content (AvgIpc) is 2.85. The Labute approximate surface area is 185 Å². The second kappa shape index (κ2) is 9.65. The molecule has 3 aromatic carbocycles. The first-order chi connectivity index (χ1) is 15.2. The van der Waals surface area contributed by atoms with Crippen LogP contribution in [0.1, 0.15) is 39.0 Å². The van der Waals surface area contributed by atoms with Crippen LogP contribution in [0.5, 0.6) is 5.75 Å². The van der Waals surface area contributed by atoms with E-state index in [4.69, 9.17) is 4.74 Å². The maximum atomic E-state index is 11.6. The normalized spacial score (nSPS) is 19.7. The first kappa shape index (κ1) is 20.9. The van der Waals surface area contributed by atoms with Gasteiger partial charge in [-0.1, -0.05) is 43.3 Å². The van der Waals surface area contributed by atoms with Gasteiger partial charge in [0.15, 0.2) is 0 Å². The lowest BCUT2D eigenvalue weighted by atomic mass is 9.72. The molecule has 0 N–H and O–H groups in total. The zero-order valence-corrected chi connectivity index (χ0v) is 18.0. The second-order valence-electron chi connectivity index (χ2n) is 8.26. The van der Waals surface area contributed by atoms with E-state index in [1.807, 2.05) is 30.5 Å². The quantitative estimate of drug-likeness (QED) is 0.296. The highest BCUT2D eigenvalue weighted by Gasteiger charge is 2.32. The average molecular weight is 412 g/mol. The van der Waals surface area contributed by atoms with Crippen molar-refractivity contribution in [1.29, 1.82) is 0 Å². The summed E-state index contributed by atoms with van der Waals surface area (Å²) in [6, 6.07) is 28.9. The molecule has 3 aromatic rings. The Hall–Kier alpha value is -3.33. The molecule has 1 saturated carbocycles. The maximum Gasteiger partial charge on any atom is 0.126 e. The van der Waals surface area contributed by atoms with Crippen LogP contribution in [0.3, 0.4) is 0 Å². The zero-order valence-electron chi connectivity index (χ0n) is 18.0. The van der Waals surface area contributed by atoms with Crippen LogP contribution in [0.4, 0.5) is 17.1 Å². The molecule has 0 radical (unpaired) electrons. The summed E-state index contributed by atoms with van der Waals surface area (Å²) >= 11 is 0. The van der Waals surface area contributed by atoms with Crippen LogP contribution < -0.4 is 9.64 Å². The standard InChI is InChI=1S/C28H29NO2/c1-2-28(22-30)19-9-10-23(20-28)21-31-27-17-15-26(16-18-27)29(24-11-5-3-6-12-24)25-13-7-4-8-14-25/h3-8,11-18,21-22H,2,9-10,19-20H2,1H3/b23-21+. The molecular formula is C28H29NO2. The van der Waals surface area contributed by atoms with Crippen LogP contribution in [0.15, 0.2) is 96.8 Å². The lowest BCUT2D eigenvalue weighted by molar-refractivity contribution is -0.117. The Bertz CT molecular complexity index is 972. The van der Waals surface area contributed by atoms with E-state index in [2.05, 4.69) is 72.5 Å². The van der Waals surface area contributed by atoms with Gasteiger partial charge < -0.3 is 14.4 Å². The van der Waals surface area contributed by atoms with Crippen LogP contribution in [0.2, 0.25) is 0 Å². The summed E-state index contributed by atoms with van der Waals surface area (Å²) in [5.41, 5.74) is 4.30. The first-order valence-electron chi connectivity index (χ1n) is 11.0. The van der Waals surface area contributed by atoms with E-state index >= 15 is 0 Å². The van der Waals surface area contributed by atoms with Crippen molar-refractivity contribution in [2.75, 3.05) is 4.90 Å². The molecule has 3 nitrogen and oxygen atoms in total. The molecule has 1 aliphatic carbocycles. The van der Waals surface area contributed by atoms with Crippen molar-refractivity contribution in [1.82, 2.24) is 0 Å². The third-order valence-electron chi connectivity index (χ3n) is 6.19. The number of anilines is 3. The van der Waals surface area contributed by atoms with E-state index in [0.29, 0.717) is 0 Å². The number of nitrogens with zero attached hydrogens (tertiary/aromatic N) is 1. The summed E-state index contributed by atoms with van der Waals surface area (Å²) in [6.07, 6.45) is 7.73. The van der Waals surface area contributed by atoms with Crippen LogP contribution in [-0.2, 0) is 4.79 Å². The number of aldehydes is 1. The molecule has 31 heavy (non-hydrogen) atoms. The van der Waals surface area contributed by atoms with Gasteiger partial charge in [-0.15, -0.1) is 0 Å². The maximum absolute atomic E-state index is 11.6. The van der Waals surface area contributed by atoms with Gasteiger partial charge in [-0.25, -0.2) is 0 Å². The van der Waals surface area contributed by atoms with Gasteiger partial charge in [0.25, 0.3) is 0 Å². The van der Waals surface area contributed by atoms with E-state index in [0.717, 1.165) is 61.2 Å². The van der Waals surface area contributed by atoms with Gasteiger partial charge in [0.1, 0.15) is 12.0 Å². The molecule has 1 aliphatic rings. The number of para-hydroxylation sites is 2. The highest BCUT2D eigenvalue weighted by atomic mass is 16.5. The highest BCUT2D eigenvalue weighted by molar-refractivity contribution is 5.76. The Balaban J connectivity index is 1.53. The smallest absolute Gasteiger partial charge is 0.126 e. The van der Waals surface area contributed by atoms with E-state index in [-0.39, 0.29) is 5.41 Å². The van der Waals surface area contributed by atoms with Gasteiger partial charge in [0, 0.05) is 22.5 Å². The fourth-order valence-electron chi connectivity index (χ4n) is 4.31. The number of hydrogen-bond donors (Lipinski definition) is 0. The van der Waals surface area contributed by atoms with Crippen molar-refractivity contribution in [3.05, 3.63) is 96.8 Å². The van der Waals surface area contributed by atoms with Crippen LogP contribution >= 0.6 is 0 Å². The molecular weight excluding hydrogens is 382 g/mol. The van der Waals surface area contributed by atoms with Gasteiger partial charge in [-0.3, -0.25) is 0 Å². The molecule has 0 heterocycles. The topological polar surface area (TPSA) is 29.5 Å². The molecule has 0 aliphatic heterocycles. The largest absolute Gasteiger partial charge is 0.465 e. The third kappa shape index (κ3) is 4.88. The van der Waals surface area contributed by atoms with Crippen LogP contribution in [0.25, 0.3) is 0 Å². The summed E-state index contributed by atoms with van der Waals surface area (Å²) in [5.74, 6) is 0.802. The van der Waals surface area contributed by atoms with Gasteiger partial charge in [-0.05, 0) is 86.2 Å². The Morgan fingerprint density at radius 1 is 0.871 bits per heavy atom. The van der Waals surface area contributed by atoms with Crippen molar-refractivity contribution in [2.45, 2.75) is 39.0 Å². The van der Waals surface area contributed by atoms with Crippen molar-refractivity contribution >= 4 is 23.3 Å². The molecule has 0 aromatic heterocycles. The molecule has 0 bridgehead atoms. The van der Waals surface area contributed by atoms with E-state index in [1.54, 1.807) is 0 Å². The minimum absolute atomic E-state index is 0.205. The molecule has 1 unspecified atom stereocenters. The summed E-state index contributed by atoms with van der Waals surface area (Å²) in [6.45, 7) is 2.10. The van der Waals surface area contributed by atoms with Crippen molar-refractivity contribution in [3.8, 4) is 5.75 Å². The number of ether oxygens (including phenoxy) is 1. The summed E-state index contributed by atoms with van der Waals surface area (Å²) in [5, 5.41) is 0. The fraction of sp³-hybridized carbons (Fsp3) is 0.250. The Kier molecular flexibility index (Phi) is 6.51. The molecule has 0 amide bonds. The highest BCUT2D eigenvalue weighted by Crippen LogP contribution is 2.40. The zero-order chi connectivity index (χ0) is 21.5. The van der Waals surface area contributed by atoms with Gasteiger partial charge in [0.2, 0.25) is 0 Å². The number of allylic oxidation sites excluding steroid dienone is 1. The number of rotatable bonds is 7. The number of benzene rings is 3. The molecule has 158 valence electrons. The van der Waals surface area contributed by atoms with E-state index in [1.165, 1.54) is 5.57 Å². The minimum Gasteiger partial charge on any atom is -0.465 e. The van der Waals surface area contributed by atoms with Gasteiger partial charge in [-0.2, -0.15) is 0 Å². The number of carbonyl (C=O) groups is 1.